The van der Waals surface area contributed by atoms with Gasteiger partial charge in [-0.3, -0.25) is 4.79 Å². The molecule has 1 fully saturated rings. The number of nitrogen functional groups attached to an aromatic ring is 1. The van der Waals surface area contributed by atoms with Gasteiger partial charge >= 0.3 is 0 Å². The van der Waals surface area contributed by atoms with Crippen molar-refractivity contribution in [3.63, 3.8) is 0 Å². The van der Waals surface area contributed by atoms with Crippen LogP contribution in [0.4, 0.5) is 5.69 Å². The number of hydrogen-bond donors (Lipinski definition) is 2. The SMILES string of the molecule is NC(=O)COc1ccc(C2OCCCO2)cc1N. The zero-order chi connectivity index (χ0) is 13.0. The monoisotopic (exact) mass is 252 g/mol. The average molecular weight is 252 g/mol. The third-order valence-corrected chi connectivity index (χ3v) is 2.50. The van der Waals surface area contributed by atoms with Crippen molar-refractivity contribution in [2.75, 3.05) is 25.6 Å². The summed E-state index contributed by atoms with van der Waals surface area (Å²) in [5.74, 6) is -0.120. The van der Waals surface area contributed by atoms with Gasteiger partial charge < -0.3 is 25.7 Å². The molecule has 0 aromatic heterocycles. The molecule has 0 spiro atoms. The summed E-state index contributed by atoms with van der Waals surface area (Å²) in [4.78, 5) is 10.6. The molecule has 2 rings (SSSR count). The molecule has 0 radical (unpaired) electrons. The Morgan fingerprint density at radius 3 is 2.72 bits per heavy atom. The second-order valence-electron chi connectivity index (χ2n) is 3.98. The van der Waals surface area contributed by atoms with Crippen LogP contribution in [0.3, 0.4) is 0 Å². The standard InChI is InChI=1S/C12H16N2O4/c13-9-6-8(12-16-4-1-5-17-12)2-3-10(9)18-7-11(14)15/h2-3,6,12H,1,4-5,7,13H2,(H2,14,15). The molecule has 1 aliphatic rings. The molecule has 0 saturated carbocycles. The highest BCUT2D eigenvalue weighted by atomic mass is 16.7. The van der Waals surface area contributed by atoms with Crippen LogP contribution in [0.2, 0.25) is 0 Å². The van der Waals surface area contributed by atoms with Gasteiger partial charge in [0.25, 0.3) is 5.91 Å². The van der Waals surface area contributed by atoms with Crippen LogP contribution in [-0.2, 0) is 14.3 Å². The number of ether oxygens (including phenoxy) is 3. The van der Waals surface area contributed by atoms with Gasteiger partial charge in [-0.15, -0.1) is 0 Å². The fourth-order valence-electron chi connectivity index (χ4n) is 1.67. The molecule has 6 heteroatoms. The van der Waals surface area contributed by atoms with E-state index in [-0.39, 0.29) is 12.9 Å². The Balaban J connectivity index is 2.06. The molecule has 0 atom stereocenters. The Bertz CT molecular complexity index is 430. The Kier molecular flexibility index (Phi) is 4.01. The van der Waals surface area contributed by atoms with Gasteiger partial charge in [0.05, 0.1) is 18.9 Å². The lowest BCUT2D eigenvalue weighted by Crippen LogP contribution is -2.20. The van der Waals surface area contributed by atoms with Gasteiger partial charge in [-0.2, -0.15) is 0 Å². The molecule has 6 nitrogen and oxygen atoms in total. The first-order valence-corrected chi connectivity index (χ1v) is 5.70. The number of anilines is 1. The highest BCUT2D eigenvalue weighted by molar-refractivity contribution is 5.75. The Labute approximate surface area is 105 Å². The van der Waals surface area contributed by atoms with E-state index in [1.165, 1.54) is 0 Å². The zero-order valence-electron chi connectivity index (χ0n) is 9.93. The van der Waals surface area contributed by atoms with Crippen LogP contribution in [0.25, 0.3) is 0 Å². The summed E-state index contributed by atoms with van der Waals surface area (Å²) in [6.45, 7) is 1.15. The molecule has 18 heavy (non-hydrogen) atoms. The van der Waals surface area contributed by atoms with Gasteiger partial charge in [-0.25, -0.2) is 0 Å². The predicted molar refractivity (Wildman–Crippen MR) is 64.8 cm³/mol. The summed E-state index contributed by atoms with van der Waals surface area (Å²) in [7, 11) is 0. The first kappa shape index (κ1) is 12.7. The van der Waals surface area contributed by atoms with Crippen molar-refractivity contribution in [2.45, 2.75) is 12.7 Å². The molecule has 1 amide bonds. The minimum absolute atomic E-state index is 0.194. The normalized spacial score (nSPS) is 16.4. The van der Waals surface area contributed by atoms with Crippen molar-refractivity contribution in [3.8, 4) is 5.75 Å². The third-order valence-electron chi connectivity index (χ3n) is 2.50. The van der Waals surface area contributed by atoms with E-state index in [9.17, 15) is 4.79 Å². The smallest absolute Gasteiger partial charge is 0.255 e. The van der Waals surface area contributed by atoms with Gasteiger partial charge in [0, 0.05) is 5.56 Å². The fourth-order valence-corrected chi connectivity index (χ4v) is 1.67. The Morgan fingerprint density at radius 1 is 1.39 bits per heavy atom. The number of rotatable bonds is 4. The lowest BCUT2D eigenvalue weighted by Gasteiger charge is -2.24. The first-order chi connectivity index (χ1) is 8.66. The number of nitrogens with two attached hydrogens (primary N) is 2. The maximum atomic E-state index is 10.6. The fraction of sp³-hybridized carbons (Fsp3) is 0.417. The van der Waals surface area contributed by atoms with Gasteiger partial charge in [0.2, 0.25) is 0 Å². The molecule has 1 aliphatic heterocycles. The van der Waals surface area contributed by atoms with Gasteiger partial charge in [0.1, 0.15) is 5.75 Å². The number of primary amides is 1. The predicted octanol–water partition coefficient (Wildman–Crippen LogP) is 0.568. The lowest BCUT2D eigenvalue weighted by molar-refractivity contribution is -0.183. The maximum Gasteiger partial charge on any atom is 0.255 e. The van der Waals surface area contributed by atoms with Crippen molar-refractivity contribution in [2.24, 2.45) is 5.73 Å². The molecule has 1 saturated heterocycles. The van der Waals surface area contributed by atoms with E-state index in [1.807, 2.05) is 0 Å². The highest BCUT2D eigenvalue weighted by Gasteiger charge is 2.17. The van der Waals surface area contributed by atoms with Crippen LogP contribution in [0.1, 0.15) is 18.3 Å². The van der Waals surface area contributed by atoms with Crippen molar-refractivity contribution in [1.29, 1.82) is 0 Å². The maximum absolute atomic E-state index is 10.6. The van der Waals surface area contributed by atoms with Gasteiger partial charge in [0.15, 0.2) is 12.9 Å². The second kappa shape index (κ2) is 5.70. The van der Waals surface area contributed by atoms with Crippen LogP contribution >= 0.6 is 0 Å². The van der Waals surface area contributed by atoms with E-state index in [0.717, 1.165) is 12.0 Å². The molecule has 0 bridgehead atoms. The van der Waals surface area contributed by atoms with Crippen LogP contribution in [0, 0.1) is 0 Å². The summed E-state index contributed by atoms with van der Waals surface area (Å²) >= 11 is 0. The van der Waals surface area contributed by atoms with E-state index in [0.29, 0.717) is 24.7 Å². The molecule has 1 aromatic carbocycles. The quantitative estimate of drug-likeness (QED) is 0.763. The third kappa shape index (κ3) is 3.12. The van der Waals surface area contributed by atoms with Crippen molar-refractivity contribution < 1.29 is 19.0 Å². The van der Waals surface area contributed by atoms with Crippen molar-refractivity contribution >= 4 is 11.6 Å². The van der Waals surface area contributed by atoms with Gasteiger partial charge in [-0.1, -0.05) is 6.07 Å². The van der Waals surface area contributed by atoms with Crippen molar-refractivity contribution in [3.05, 3.63) is 23.8 Å². The lowest BCUT2D eigenvalue weighted by atomic mass is 10.1. The highest BCUT2D eigenvalue weighted by Crippen LogP contribution is 2.29. The Morgan fingerprint density at radius 2 is 2.11 bits per heavy atom. The number of benzene rings is 1. The van der Waals surface area contributed by atoms with E-state index in [1.54, 1.807) is 18.2 Å². The van der Waals surface area contributed by atoms with Crippen LogP contribution in [-0.4, -0.2) is 25.7 Å². The second-order valence-corrected chi connectivity index (χ2v) is 3.98. The van der Waals surface area contributed by atoms with Crippen LogP contribution in [0.15, 0.2) is 18.2 Å². The average Bonchev–Trinajstić information content (AvgIpc) is 2.38. The summed E-state index contributed by atoms with van der Waals surface area (Å²) in [5.41, 5.74) is 12.1. The van der Waals surface area contributed by atoms with E-state index in [2.05, 4.69) is 0 Å². The van der Waals surface area contributed by atoms with Crippen molar-refractivity contribution in [1.82, 2.24) is 0 Å². The van der Waals surface area contributed by atoms with Crippen LogP contribution < -0.4 is 16.2 Å². The summed E-state index contributed by atoms with van der Waals surface area (Å²) < 4.78 is 16.1. The number of hydrogen-bond acceptors (Lipinski definition) is 5. The molecule has 1 heterocycles. The molecule has 1 aromatic rings. The zero-order valence-corrected chi connectivity index (χ0v) is 9.93. The number of amides is 1. The van der Waals surface area contributed by atoms with Gasteiger partial charge in [-0.05, 0) is 18.6 Å². The summed E-state index contributed by atoms with van der Waals surface area (Å²) in [5, 5.41) is 0. The summed E-state index contributed by atoms with van der Waals surface area (Å²) in [6, 6.07) is 5.18. The summed E-state index contributed by atoms with van der Waals surface area (Å²) in [6.07, 6.45) is 0.512. The minimum Gasteiger partial charge on any atom is -0.482 e. The molecule has 0 unspecified atom stereocenters. The first-order valence-electron chi connectivity index (χ1n) is 5.70. The topological polar surface area (TPSA) is 96.8 Å². The van der Waals surface area contributed by atoms with E-state index >= 15 is 0 Å². The van der Waals surface area contributed by atoms with E-state index in [4.69, 9.17) is 25.7 Å². The molecule has 98 valence electrons. The molecule has 0 aliphatic carbocycles. The number of carbonyl (C=O) groups excluding carboxylic acids is 1. The minimum atomic E-state index is -0.544. The molecular weight excluding hydrogens is 236 g/mol. The molecule has 4 N–H and O–H groups in total. The largest absolute Gasteiger partial charge is 0.482 e. The Hall–Kier alpha value is -1.79. The van der Waals surface area contributed by atoms with E-state index < -0.39 is 5.91 Å². The molecular formula is C12H16N2O4. The van der Waals surface area contributed by atoms with Crippen LogP contribution in [0.5, 0.6) is 5.75 Å². The number of carbonyl (C=O) groups is 1.